The fourth-order valence-corrected chi connectivity index (χ4v) is 4.14. The van der Waals surface area contributed by atoms with E-state index < -0.39 is 0 Å². The van der Waals surface area contributed by atoms with E-state index in [4.69, 9.17) is 0 Å². The van der Waals surface area contributed by atoms with Gasteiger partial charge < -0.3 is 9.88 Å². The van der Waals surface area contributed by atoms with Gasteiger partial charge in [0.1, 0.15) is 0 Å². The van der Waals surface area contributed by atoms with Crippen molar-refractivity contribution in [3.05, 3.63) is 47.4 Å². The lowest BCUT2D eigenvalue weighted by atomic mass is 9.94. The Morgan fingerprint density at radius 2 is 2.15 bits per heavy atom. The second kappa shape index (κ2) is 7.51. The molecular formula is C18H23N7S. The van der Waals surface area contributed by atoms with Gasteiger partial charge in [0.25, 0.3) is 0 Å². The lowest BCUT2D eigenvalue weighted by molar-refractivity contribution is 0.197. The summed E-state index contributed by atoms with van der Waals surface area (Å²) in [4.78, 5) is 20.6. The molecule has 0 saturated carbocycles. The molecule has 4 rings (SSSR count). The summed E-state index contributed by atoms with van der Waals surface area (Å²) in [5.74, 6) is 1.19. The van der Waals surface area contributed by atoms with Crippen molar-refractivity contribution in [1.29, 1.82) is 0 Å². The molecule has 0 unspecified atom stereocenters. The minimum atomic E-state index is 0.365. The van der Waals surface area contributed by atoms with Gasteiger partial charge in [0, 0.05) is 50.0 Å². The molecule has 0 aromatic carbocycles. The number of nitrogens with one attached hydrogen (secondary N) is 1. The second-order valence-corrected chi connectivity index (χ2v) is 7.67. The molecule has 1 fully saturated rings. The summed E-state index contributed by atoms with van der Waals surface area (Å²) in [6.45, 7) is 4.95. The molecule has 4 heterocycles. The van der Waals surface area contributed by atoms with Crippen LogP contribution in [0.3, 0.4) is 0 Å². The Hall–Kier alpha value is -2.32. The zero-order valence-electron chi connectivity index (χ0n) is 15.1. The number of hydrogen-bond acceptors (Lipinski definition) is 7. The van der Waals surface area contributed by atoms with Crippen LogP contribution >= 0.6 is 11.3 Å². The Bertz CT molecular complexity index is 872. The number of aromatic nitrogens is 5. The number of imidazole rings is 1. The first-order valence-corrected chi connectivity index (χ1v) is 9.74. The summed E-state index contributed by atoms with van der Waals surface area (Å²) >= 11 is 1.59. The molecule has 1 N–H and O–H groups in total. The number of piperidine rings is 1. The molecule has 26 heavy (non-hydrogen) atoms. The molecule has 8 heteroatoms. The lowest BCUT2D eigenvalue weighted by Gasteiger charge is -2.32. The van der Waals surface area contributed by atoms with Crippen LogP contribution in [-0.2, 0) is 13.6 Å². The van der Waals surface area contributed by atoms with Crippen LogP contribution in [0.1, 0.15) is 35.8 Å². The largest absolute Gasteiger partial charge is 0.340 e. The molecule has 0 spiro atoms. The molecule has 3 aromatic rings. The topological polar surface area (TPSA) is 71.8 Å². The van der Waals surface area contributed by atoms with Gasteiger partial charge >= 0.3 is 0 Å². The predicted molar refractivity (Wildman–Crippen MR) is 103 cm³/mol. The van der Waals surface area contributed by atoms with E-state index in [2.05, 4.69) is 36.3 Å². The third kappa shape index (κ3) is 3.91. The van der Waals surface area contributed by atoms with Gasteiger partial charge in [-0.25, -0.2) is 15.0 Å². The Balaban J connectivity index is 1.49. The van der Waals surface area contributed by atoms with Crippen molar-refractivity contribution in [2.45, 2.75) is 32.2 Å². The van der Waals surface area contributed by atoms with E-state index in [1.54, 1.807) is 23.7 Å². The van der Waals surface area contributed by atoms with E-state index in [-0.39, 0.29) is 0 Å². The number of hydrogen-bond donors (Lipinski definition) is 1. The first-order valence-electron chi connectivity index (χ1n) is 8.86. The summed E-state index contributed by atoms with van der Waals surface area (Å²) in [6, 6.07) is 0. The molecular weight excluding hydrogens is 346 g/mol. The minimum absolute atomic E-state index is 0.365. The van der Waals surface area contributed by atoms with Crippen LogP contribution in [0.4, 0.5) is 10.9 Å². The fourth-order valence-electron chi connectivity index (χ4n) is 3.46. The van der Waals surface area contributed by atoms with Crippen LogP contribution in [-0.4, -0.2) is 42.5 Å². The van der Waals surface area contributed by atoms with Gasteiger partial charge in [-0.1, -0.05) is 0 Å². The summed E-state index contributed by atoms with van der Waals surface area (Å²) in [7, 11) is 2.01. The van der Waals surface area contributed by atoms with Crippen molar-refractivity contribution in [2.24, 2.45) is 7.05 Å². The number of thiazole rings is 1. The van der Waals surface area contributed by atoms with Crippen LogP contribution in [0.15, 0.2) is 30.3 Å². The zero-order valence-corrected chi connectivity index (χ0v) is 15.9. The molecule has 0 bridgehead atoms. The average molecular weight is 369 g/mol. The quantitative estimate of drug-likeness (QED) is 0.745. The zero-order chi connectivity index (χ0) is 17.9. The monoisotopic (exact) mass is 369 g/mol. The maximum atomic E-state index is 4.66. The normalized spacial score (nSPS) is 18.2. The Labute approximate surface area is 157 Å². The van der Waals surface area contributed by atoms with Crippen molar-refractivity contribution in [1.82, 2.24) is 29.4 Å². The number of rotatable bonds is 5. The summed E-state index contributed by atoms with van der Waals surface area (Å²) in [6.07, 6.45) is 9.75. The number of nitrogens with zero attached hydrogens (tertiary/aromatic N) is 6. The molecule has 7 nitrogen and oxygen atoms in total. The van der Waals surface area contributed by atoms with E-state index in [0.717, 1.165) is 60.5 Å². The smallest absolute Gasteiger partial charge is 0.188 e. The molecule has 1 atom stereocenters. The molecule has 0 radical (unpaired) electrons. The van der Waals surface area contributed by atoms with Crippen molar-refractivity contribution < 1.29 is 0 Å². The van der Waals surface area contributed by atoms with Gasteiger partial charge in [0.15, 0.2) is 10.9 Å². The van der Waals surface area contributed by atoms with Gasteiger partial charge in [-0.3, -0.25) is 9.88 Å². The van der Waals surface area contributed by atoms with Gasteiger partial charge in [-0.05, 0) is 26.3 Å². The highest BCUT2D eigenvalue weighted by molar-refractivity contribution is 7.13. The first kappa shape index (κ1) is 17.1. The SMILES string of the molecule is Cc1csc(Nc2nccnc2[C@H]2CCCN(Cc3cn(C)cn3)C2)n1. The standard InChI is InChI=1S/C18H23N7S/c1-13-11-26-18(22-13)23-17-16(19-5-6-20-17)14-4-3-7-25(8-14)10-15-9-24(2)12-21-15/h5-6,9,11-12,14H,3-4,7-8,10H2,1-2H3,(H,20,22,23)/t14-/m0/s1. The van der Waals surface area contributed by atoms with E-state index in [1.807, 2.05) is 30.2 Å². The van der Waals surface area contributed by atoms with Crippen molar-refractivity contribution in [3.63, 3.8) is 0 Å². The van der Waals surface area contributed by atoms with Crippen molar-refractivity contribution in [2.75, 3.05) is 18.4 Å². The first-order chi connectivity index (χ1) is 12.7. The van der Waals surface area contributed by atoms with E-state index in [1.165, 1.54) is 0 Å². The number of anilines is 2. The predicted octanol–water partition coefficient (Wildman–Crippen LogP) is 3.10. The third-order valence-electron chi connectivity index (χ3n) is 4.61. The van der Waals surface area contributed by atoms with Crippen molar-refractivity contribution in [3.8, 4) is 0 Å². The Morgan fingerprint density at radius 3 is 2.92 bits per heavy atom. The van der Waals surface area contributed by atoms with Gasteiger partial charge in [-0.15, -0.1) is 11.3 Å². The number of aryl methyl sites for hydroxylation is 2. The highest BCUT2D eigenvalue weighted by atomic mass is 32.1. The summed E-state index contributed by atoms with van der Waals surface area (Å²) < 4.78 is 2.00. The van der Waals surface area contributed by atoms with Crippen LogP contribution in [0.5, 0.6) is 0 Å². The Morgan fingerprint density at radius 1 is 1.27 bits per heavy atom. The second-order valence-electron chi connectivity index (χ2n) is 6.81. The summed E-state index contributed by atoms with van der Waals surface area (Å²) in [5.41, 5.74) is 3.16. The van der Waals surface area contributed by atoms with Gasteiger partial charge in [0.2, 0.25) is 0 Å². The maximum absolute atomic E-state index is 4.66. The van der Waals surface area contributed by atoms with Crippen LogP contribution in [0.25, 0.3) is 0 Å². The van der Waals surface area contributed by atoms with E-state index in [0.29, 0.717) is 5.92 Å². The molecule has 136 valence electrons. The minimum Gasteiger partial charge on any atom is -0.340 e. The molecule has 1 aliphatic rings. The highest BCUT2D eigenvalue weighted by Gasteiger charge is 2.25. The Kier molecular flexibility index (Phi) is 4.94. The molecule has 3 aromatic heterocycles. The summed E-state index contributed by atoms with van der Waals surface area (Å²) in [5, 5.41) is 6.26. The molecule has 1 saturated heterocycles. The third-order valence-corrected chi connectivity index (χ3v) is 5.48. The van der Waals surface area contributed by atoms with Crippen molar-refractivity contribution >= 4 is 22.3 Å². The molecule has 0 aliphatic carbocycles. The number of likely N-dealkylation sites (tertiary alicyclic amines) is 1. The highest BCUT2D eigenvalue weighted by Crippen LogP contribution is 2.31. The van der Waals surface area contributed by atoms with Crippen LogP contribution in [0.2, 0.25) is 0 Å². The fraction of sp³-hybridized carbons (Fsp3) is 0.444. The van der Waals surface area contributed by atoms with Crippen LogP contribution < -0.4 is 5.32 Å². The van der Waals surface area contributed by atoms with E-state index in [9.17, 15) is 0 Å². The van der Waals surface area contributed by atoms with Gasteiger partial charge in [-0.2, -0.15) is 0 Å². The molecule has 1 aliphatic heterocycles. The van der Waals surface area contributed by atoms with Crippen LogP contribution in [0, 0.1) is 6.92 Å². The lowest BCUT2D eigenvalue weighted by Crippen LogP contribution is -2.34. The average Bonchev–Trinajstić information content (AvgIpc) is 3.24. The van der Waals surface area contributed by atoms with Gasteiger partial charge in [0.05, 0.1) is 23.4 Å². The maximum Gasteiger partial charge on any atom is 0.188 e. The molecule has 0 amide bonds. The van der Waals surface area contributed by atoms with E-state index >= 15 is 0 Å².